The van der Waals surface area contributed by atoms with Gasteiger partial charge in [-0.25, -0.2) is 14.8 Å². The van der Waals surface area contributed by atoms with Crippen molar-refractivity contribution < 1.29 is 24.2 Å². The Kier molecular flexibility index (Phi) is 9.35. The van der Waals surface area contributed by atoms with E-state index in [0.29, 0.717) is 32.8 Å². The topological polar surface area (TPSA) is 106 Å². The van der Waals surface area contributed by atoms with Crippen LogP contribution in [0.3, 0.4) is 0 Å². The molecule has 220 valence electrons. The molecule has 4 amide bonds. The van der Waals surface area contributed by atoms with Gasteiger partial charge in [0.1, 0.15) is 18.0 Å². The van der Waals surface area contributed by atoms with Gasteiger partial charge in [-0.15, -0.1) is 0 Å². The van der Waals surface area contributed by atoms with Crippen LogP contribution in [-0.2, 0) is 33.9 Å². The van der Waals surface area contributed by atoms with Crippen LogP contribution in [0.2, 0.25) is 0 Å². The van der Waals surface area contributed by atoms with Crippen molar-refractivity contribution in [1.82, 2.24) is 25.1 Å². The summed E-state index contributed by atoms with van der Waals surface area (Å²) in [5.74, 6) is -0.269. The van der Waals surface area contributed by atoms with Crippen LogP contribution in [0.15, 0.2) is 84.9 Å². The van der Waals surface area contributed by atoms with Gasteiger partial charge >= 0.3 is 6.03 Å². The normalized spacial score (nSPS) is 19.1. The largest absolute Gasteiger partial charge is 0.508 e. The molecule has 10 heteroatoms. The molecule has 5 rings (SSSR count). The van der Waals surface area contributed by atoms with Gasteiger partial charge in [0.15, 0.2) is 0 Å². The number of rotatable bonds is 10. The Morgan fingerprint density at radius 3 is 2.26 bits per heavy atom. The number of carbonyl (C=O) groups excluding carboxylic acids is 3. The number of benzene rings is 3. The summed E-state index contributed by atoms with van der Waals surface area (Å²) >= 11 is 0. The zero-order valence-electron chi connectivity index (χ0n) is 23.8. The van der Waals surface area contributed by atoms with Gasteiger partial charge in [0, 0.05) is 26.1 Å². The van der Waals surface area contributed by atoms with Crippen molar-refractivity contribution in [3.63, 3.8) is 0 Å². The van der Waals surface area contributed by atoms with Crippen molar-refractivity contribution >= 4 is 17.8 Å². The monoisotopic (exact) mass is 571 g/mol. The molecule has 3 aromatic rings. The fourth-order valence-corrected chi connectivity index (χ4v) is 5.51. The molecular weight excluding hydrogens is 534 g/mol. The second kappa shape index (κ2) is 13.5. The van der Waals surface area contributed by atoms with E-state index in [9.17, 15) is 19.5 Å². The van der Waals surface area contributed by atoms with Gasteiger partial charge in [-0.1, -0.05) is 79.7 Å². The Morgan fingerprint density at radius 2 is 1.60 bits per heavy atom. The number of ether oxygens (including phenoxy) is 1. The van der Waals surface area contributed by atoms with Crippen molar-refractivity contribution in [3.8, 4) is 5.75 Å². The summed E-state index contributed by atoms with van der Waals surface area (Å²) in [7, 11) is 0. The highest BCUT2D eigenvalue weighted by atomic mass is 16.5. The minimum absolute atomic E-state index is 0.00863. The highest BCUT2D eigenvalue weighted by Crippen LogP contribution is 2.28. The van der Waals surface area contributed by atoms with E-state index in [0.717, 1.165) is 16.7 Å². The average Bonchev–Trinajstić information content (AvgIpc) is 3.01. The summed E-state index contributed by atoms with van der Waals surface area (Å²) in [5, 5.41) is 16.1. The molecule has 2 fully saturated rings. The number of likely N-dealkylation sites (N-methyl/N-ethyl adjacent to an activating group) is 1. The number of hydrazine groups is 1. The molecule has 2 heterocycles. The van der Waals surface area contributed by atoms with Crippen LogP contribution in [0.4, 0.5) is 4.79 Å². The summed E-state index contributed by atoms with van der Waals surface area (Å²) in [5.41, 5.74) is 2.80. The lowest BCUT2D eigenvalue weighted by Gasteiger charge is -2.55. The van der Waals surface area contributed by atoms with Crippen molar-refractivity contribution in [1.29, 1.82) is 0 Å². The zero-order chi connectivity index (χ0) is 29.5. The summed E-state index contributed by atoms with van der Waals surface area (Å²) < 4.78 is 5.89. The molecule has 0 unspecified atom stereocenters. The van der Waals surface area contributed by atoms with Crippen LogP contribution in [0, 0.1) is 0 Å². The van der Waals surface area contributed by atoms with E-state index in [1.165, 1.54) is 0 Å². The number of hydrogen-bond donors (Lipinski definition) is 2. The molecule has 2 saturated heterocycles. The Bertz CT molecular complexity index is 1350. The third-order valence-corrected chi connectivity index (χ3v) is 7.67. The van der Waals surface area contributed by atoms with Gasteiger partial charge in [0.05, 0.1) is 26.3 Å². The second-order valence-corrected chi connectivity index (χ2v) is 10.5. The maximum atomic E-state index is 13.9. The number of urea groups is 1. The average molecular weight is 572 g/mol. The number of amides is 4. The number of phenols is 1. The number of hydrogen-bond acceptors (Lipinski definition) is 6. The Balaban J connectivity index is 1.38. The van der Waals surface area contributed by atoms with Crippen molar-refractivity contribution in [3.05, 3.63) is 102 Å². The van der Waals surface area contributed by atoms with E-state index in [2.05, 4.69) is 5.32 Å². The van der Waals surface area contributed by atoms with E-state index in [-0.39, 0.29) is 43.1 Å². The number of phenolic OH excluding ortho intramolecular Hbond substituents is 1. The molecule has 3 aromatic carbocycles. The molecule has 2 atom stereocenters. The first-order chi connectivity index (χ1) is 20.4. The fraction of sp³-hybridized carbons (Fsp3) is 0.344. The smallest absolute Gasteiger partial charge is 0.334 e. The molecule has 0 saturated carbocycles. The molecule has 2 aliphatic heterocycles. The first-order valence-corrected chi connectivity index (χ1v) is 14.3. The third-order valence-electron chi connectivity index (χ3n) is 7.67. The molecule has 10 nitrogen and oxygen atoms in total. The third kappa shape index (κ3) is 6.72. The number of nitrogens with one attached hydrogen (secondary N) is 1. The summed E-state index contributed by atoms with van der Waals surface area (Å²) in [4.78, 5) is 44.4. The molecule has 42 heavy (non-hydrogen) atoms. The van der Waals surface area contributed by atoms with Gasteiger partial charge < -0.3 is 25.0 Å². The summed E-state index contributed by atoms with van der Waals surface area (Å²) in [6.07, 6.45) is -0.426. The SMILES string of the molecule is CCN1CC(=O)N2[C@@H](Cc3ccc(O)cc3)C(=O)N(CCOCc3ccccc3)C[C@@H]2N1C(=O)NCc1ccccc1. The lowest BCUT2D eigenvalue weighted by molar-refractivity contribution is -0.190. The van der Waals surface area contributed by atoms with E-state index in [1.54, 1.807) is 44.1 Å². The fourth-order valence-electron chi connectivity index (χ4n) is 5.51. The summed E-state index contributed by atoms with van der Waals surface area (Å²) in [6.45, 7) is 3.90. The number of aromatic hydroxyl groups is 1. The minimum Gasteiger partial charge on any atom is -0.508 e. The van der Waals surface area contributed by atoms with Crippen LogP contribution >= 0.6 is 0 Å². The van der Waals surface area contributed by atoms with E-state index >= 15 is 0 Å². The minimum atomic E-state index is -0.807. The van der Waals surface area contributed by atoms with E-state index in [1.807, 2.05) is 67.6 Å². The molecule has 0 radical (unpaired) electrons. The van der Waals surface area contributed by atoms with Crippen LogP contribution in [-0.4, -0.2) is 87.8 Å². The van der Waals surface area contributed by atoms with Crippen molar-refractivity contribution in [2.24, 2.45) is 0 Å². The predicted molar refractivity (Wildman–Crippen MR) is 157 cm³/mol. The van der Waals surface area contributed by atoms with Crippen molar-refractivity contribution in [2.45, 2.75) is 38.7 Å². The highest BCUT2D eigenvalue weighted by Gasteiger charge is 2.51. The van der Waals surface area contributed by atoms with E-state index < -0.39 is 12.2 Å². The quantitative estimate of drug-likeness (QED) is 0.363. The van der Waals surface area contributed by atoms with Gasteiger partial charge in [-0.05, 0) is 28.8 Å². The maximum Gasteiger partial charge on any atom is 0.334 e. The molecule has 0 spiro atoms. The van der Waals surface area contributed by atoms with Gasteiger partial charge in [0.25, 0.3) is 0 Å². The molecular formula is C32H37N5O5. The van der Waals surface area contributed by atoms with Crippen LogP contribution in [0.5, 0.6) is 5.75 Å². The first-order valence-electron chi connectivity index (χ1n) is 14.3. The number of piperazine rings is 1. The molecule has 2 N–H and O–H groups in total. The lowest BCUT2D eigenvalue weighted by atomic mass is 9.98. The molecule has 0 bridgehead atoms. The highest BCUT2D eigenvalue weighted by molar-refractivity contribution is 5.91. The van der Waals surface area contributed by atoms with Gasteiger partial charge in [-0.3, -0.25) is 9.59 Å². The van der Waals surface area contributed by atoms with Crippen LogP contribution < -0.4 is 5.32 Å². The predicted octanol–water partition coefficient (Wildman–Crippen LogP) is 2.98. The standard InChI is InChI=1S/C32H37N5O5/c1-2-35-22-30(39)36-28(19-24-13-15-27(38)16-14-24)31(40)34(17-18-42-23-26-11-7-4-8-12-26)21-29(36)37(35)32(41)33-20-25-9-5-3-6-10-25/h3-16,28-29,38H,2,17-23H2,1H3,(H,33,41)/t28-,29-/m0/s1. The molecule has 0 aromatic heterocycles. The lowest BCUT2D eigenvalue weighted by Crippen LogP contribution is -2.76. The maximum absolute atomic E-state index is 13.9. The van der Waals surface area contributed by atoms with Gasteiger partial charge in [0.2, 0.25) is 11.8 Å². The first kappa shape index (κ1) is 29.1. The number of nitrogens with zero attached hydrogens (tertiary/aromatic N) is 4. The second-order valence-electron chi connectivity index (χ2n) is 10.5. The van der Waals surface area contributed by atoms with E-state index in [4.69, 9.17) is 4.74 Å². The zero-order valence-corrected chi connectivity index (χ0v) is 23.8. The van der Waals surface area contributed by atoms with Gasteiger partial charge in [-0.2, -0.15) is 0 Å². The number of fused-ring (bicyclic) bond motifs is 1. The van der Waals surface area contributed by atoms with Crippen molar-refractivity contribution in [2.75, 3.05) is 32.8 Å². The molecule has 0 aliphatic carbocycles. The Labute approximate surface area is 246 Å². The molecule has 2 aliphatic rings. The summed E-state index contributed by atoms with van der Waals surface area (Å²) in [6, 6.07) is 24.9. The van der Waals surface area contributed by atoms with Crippen LogP contribution in [0.1, 0.15) is 23.6 Å². The Morgan fingerprint density at radius 1 is 0.929 bits per heavy atom. The number of carbonyl (C=O) groups is 3. The van der Waals surface area contributed by atoms with Crippen LogP contribution in [0.25, 0.3) is 0 Å². The Hall–Kier alpha value is -4.41.